The molecule has 2 aliphatic heterocycles. The second kappa shape index (κ2) is 7.59. The number of rotatable bonds is 4. The van der Waals surface area contributed by atoms with Crippen LogP contribution in [0, 0.1) is 12.8 Å². The zero-order valence-electron chi connectivity index (χ0n) is 17.6. The number of amides is 3. The van der Waals surface area contributed by atoms with E-state index < -0.39 is 5.54 Å². The standard InChI is InChI=1S/C22H27N5O3/c1-14(2)13-27-21(30)25-20(29)22(27)8-10-26(11-9-22)18-12-15(3)23-19(24-18)16-6-4-5-7-17(16)28/h4-7,12,14,28H,8-11,13H2,1-3H3,(H,25,29,30). The maximum atomic E-state index is 12.7. The fourth-order valence-electron chi connectivity index (χ4n) is 4.32. The average Bonchev–Trinajstić information content (AvgIpc) is 2.92. The number of aromatic nitrogens is 2. The van der Waals surface area contributed by atoms with Gasteiger partial charge in [-0.2, -0.15) is 0 Å². The first-order chi connectivity index (χ1) is 14.3. The molecule has 4 rings (SSSR count). The Labute approximate surface area is 175 Å². The minimum Gasteiger partial charge on any atom is -0.507 e. The van der Waals surface area contributed by atoms with E-state index in [9.17, 15) is 14.7 Å². The van der Waals surface area contributed by atoms with Gasteiger partial charge in [-0.05, 0) is 37.8 Å². The molecule has 2 saturated heterocycles. The highest BCUT2D eigenvalue weighted by Gasteiger charge is 2.54. The highest BCUT2D eigenvalue weighted by atomic mass is 16.3. The summed E-state index contributed by atoms with van der Waals surface area (Å²) in [6.07, 6.45) is 1.10. The van der Waals surface area contributed by atoms with Crippen LogP contribution in [0.5, 0.6) is 5.75 Å². The zero-order chi connectivity index (χ0) is 21.5. The molecule has 3 amide bonds. The Morgan fingerprint density at radius 3 is 2.53 bits per heavy atom. The van der Waals surface area contributed by atoms with Crippen molar-refractivity contribution in [2.75, 3.05) is 24.5 Å². The molecular weight excluding hydrogens is 382 g/mol. The van der Waals surface area contributed by atoms with Crippen LogP contribution in [0.4, 0.5) is 10.6 Å². The third-order valence-electron chi connectivity index (χ3n) is 5.85. The molecule has 2 aliphatic rings. The first-order valence-electron chi connectivity index (χ1n) is 10.3. The molecule has 0 atom stereocenters. The van der Waals surface area contributed by atoms with Gasteiger partial charge >= 0.3 is 6.03 Å². The van der Waals surface area contributed by atoms with E-state index in [1.54, 1.807) is 23.1 Å². The number of anilines is 1. The molecule has 30 heavy (non-hydrogen) atoms. The Kier molecular flexibility index (Phi) is 5.09. The molecule has 0 radical (unpaired) electrons. The number of para-hydroxylation sites is 1. The lowest BCUT2D eigenvalue weighted by atomic mass is 9.85. The van der Waals surface area contributed by atoms with E-state index in [1.165, 1.54) is 0 Å². The number of piperidine rings is 1. The zero-order valence-corrected chi connectivity index (χ0v) is 17.6. The largest absolute Gasteiger partial charge is 0.507 e. The van der Waals surface area contributed by atoms with E-state index in [0.717, 1.165) is 11.5 Å². The van der Waals surface area contributed by atoms with Gasteiger partial charge in [0.05, 0.1) is 5.56 Å². The van der Waals surface area contributed by atoms with Crippen LogP contribution in [-0.2, 0) is 4.79 Å². The minimum atomic E-state index is -0.777. The van der Waals surface area contributed by atoms with Gasteiger partial charge in [0.15, 0.2) is 5.82 Å². The molecule has 2 aromatic rings. The van der Waals surface area contributed by atoms with E-state index in [4.69, 9.17) is 0 Å². The SMILES string of the molecule is Cc1cc(N2CCC3(CC2)C(=O)NC(=O)N3CC(C)C)nc(-c2ccccc2O)n1. The molecule has 0 unspecified atom stereocenters. The van der Waals surface area contributed by atoms with Crippen molar-refractivity contribution in [1.29, 1.82) is 0 Å². The number of nitrogens with zero attached hydrogens (tertiary/aromatic N) is 4. The Balaban J connectivity index is 1.58. The number of aryl methyl sites for hydroxylation is 1. The van der Waals surface area contributed by atoms with Gasteiger partial charge in [0.2, 0.25) is 0 Å². The van der Waals surface area contributed by atoms with Crippen LogP contribution < -0.4 is 10.2 Å². The summed E-state index contributed by atoms with van der Waals surface area (Å²) in [6.45, 7) is 7.75. The normalized spacial score (nSPS) is 18.4. The van der Waals surface area contributed by atoms with Crippen LogP contribution in [0.25, 0.3) is 11.4 Å². The van der Waals surface area contributed by atoms with Crippen LogP contribution in [0.15, 0.2) is 30.3 Å². The second-order valence-corrected chi connectivity index (χ2v) is 8.49. The van der Waals surface area contributed by atoms with Gasteiger partial charge in [-0.25, -0.2) is 14.8 Å². The summed E-state index contributed by atoms with van der Waals surface area (Å²) in [5.41, 5.74) is 0.606. The van der Waals surface area contributed by atoms with Gasteiger partial charge in [0, 0.05) is 31.4 Å². The number of aromatic hydroxyl groups is 1. The molecule has 8 nitrogen and oxygen atoms in total. The molecule has 1 spiro atoms. The van der Waals surface area contributed by atoms with E-state index in [1.807, 2.05) is 32.9 Å². The fraction of sp³-hybridized carbons (Fsp3) is 0.455. The number of phenolic OH excluding ortho intramolecular Hbond substituents is 1. The maximum absolute atomic E-state index is 12.7. The molecule has 0 bridgehead atoms. The minimum absolute atomic E-state index is 0.136. The summed E-state index contributed by atoms with van der Waals surface area (Å²) in [7, 11) is 0. The Morgan fingerprint density at radius 2 is 1.87 bits per heavy atom. The number of benzene rings is 1. The number of hydrogen-bond acceptors (Lipinski definition) is 6. The molecule has 2 N–H and O–H groups in total. The summed E-state index contributed by atoms with van der Waals surface area (Å²) in [5, 5.41) is 12.7. The summed E-state index contributed by atoms with van der Waals surface area (Å²) < 4.78 is 0. The molecule has 1 aromatic heterocycles. The van der Waals surface area contributed by atoms with Crippen molar-refractivity contribution < 1.29 is 14.7 Å². The van der Waals surface area contributed by atoms with Crippen molar-refractivity contribution in [2.24, 2.45) is 5.92 Å². The Morgan fingerprint density at radius 1 is 1.17 bits per heavy atom. The van der Waals surface area contributed by atoms with Crippen molar-refractivity contribution in [3.8, 4) is 17.1 Å². The van der Waals surface area contributed by atoms with Crippen molar-refractivity contribution in [3.63, 3.8) is 0 Å². The van der Waals surface area contributed by atoms with Gasteiger partial charge in [0.25, 0.3) is 5.91 Å². The second-order valence-electron chi connectivity index (χ2n) is 8.49. The van der Waals surface area contributed by atoms with Crippen molar-refractivity contribution in [3.05, 3.63) is 36.0 Å². The van der Waals surface area contributed by atoms with Crippen LogP contribution in [0.2, 0.25) is 0 Å². The summed E-state index contributed by atoms with van der Waals surface area (Å²) in [5.74, 6) is 1.45. The van der Waals surface area contributed by atoms with E-state index in [-0.39, 0.29) is 23.6 Å². The summed E-state index contributed by atoms with van der Waals surface area (Å²) in [6, 6.07) is 8.62. The molecule has 8 heteroatoms. The quantitative estimate of drug-likeness (QED) is 0.754. The summed E-state index contributed by atoms with van der Waals surface area (Å²) in [4.78, 5) is 38.0. The van der Waals surface area contributed by atoms with Crippen LogP contribution in [-0.4, -0.2) is 57.1 Å². The van der Waals surface area contributed by atoms with E-state index >= 15 is 0 Å². The van der Waals surface area contributed by atoms with Gasteiger partial charge < -0.3 is 14.9 Å². The number of carbonyl (C=O) groups excluding carboxylic acids is 2. The molecular formula is C22H27N5O3. The van der Waals surface area contributed by atoms with Gasteiger partial charge in [-0.1, -0.05) is 26.0 Å². The van der Waals surface area contributed by atoms with Gasteiger partial charge in [-0.15, -0.1) is 0 Å². The lowest BCUT2D eigenvalue weighted by Gasteiger charge is -2.43. The Hall–Kier alpha value is -3.16. The monoisotopic (exact) mass is 409 g/mol. The number of carbonyl (C=O) groups is 2. The van der Waals surface area contributed by atoms with E-state index in [0.29, 0.717) is 43.9 Å². The molecule has 2 fully saturated rings. The number of nitrogens with one attached hydrogen (secondary N) is 1. The van der Waals surface area contributed by atoms with Crippen LogP contribution in [0.3, 0.4) is 0 Å². The Bertz CT molecular complexity index is 982. The lowest BCUT2D eigenvalue weighted by Crippen LogP contribution is -2.57. The smallest absolute Gasteiger partial charge is 0.325 e. The first kappa shape index (κ1) is 20.1. The fourth-order valence-corrected chi connectivity index (χ4v) is 4.32. The highest BCUT2D eigenvalue weighted by molar-refractivity contribution is 6.07. The molecule has 0 aliphatic carbocycles. The third kappa shape index (κ3) is 3.46. The number of imide groups is 1. The number of phenols is 1. The highest BCUT2D eigenvalue weighted by Crippen LogP contribution is 2.36. The molecule has 0 saturated carbocycles. The molecule has 3 heterocycles. The van der Waals surface area contributed by atoms with E-state index in [2.05, 4.69) is 20.2 Å². The number of hydrogen-bond donors (Lipinski definition) is 2. The average molecular weight is 409 g/mol. The lowest BCUT2D eigenvalue weighted by molar-refractivity contribution is -0.127. The maximum Gasteiger partial charge on any atom is 0.325 e. The number of urea groups is 1. The molecule has 1 aromatic carbocycles. The van der Waals surface area contributed by atoms with Crippen LogP contribution >= 0.6 is 0 Å². The van der Waals surface area contributed by atoms with Crippen molar-refractivity contribution >= 4 is 17.8 Å². The van der Waals surface area contributed by atoms with Crippen molar-refractivity contribution in [2.45, 2.75) is 39.2 Å². The predicted molar refractivity (Wildman–Crippen MR) is 113 cm³/mol. The topological polar surface area (TPSA) is 98.7 Å². The first-order valence-corrected chi connectivity index (χ1v) is 10.3. The van der Waals surface area contributed by atoms with Gasteiger partial charge in [0.1, 0.15) is 17.1 Å². The molecule has 158 valence electrons. The third-order valence-corrected chi connectivity index (χ3v) is 5.85. The van der Waals surface area contributed by atoms with Crippen molar-refractivity contribution in [1.82, 2.24) is 20.2 Å². The summed E-state index contributed by atoms with van der Waals surface area (Å²) >= 11 is 0. The predicted octanol–water partition coefficient (Wildman–Crippen LogP) is 2.70. The van der Waals surface area contributed by atoms with Crippen LogP contribution in [0.1, 0.15) is 32.4 Å². The van der Waals surface area contributed by atoms with Gasteiger partial charge in [-0.3, -0.25) is 10.1 Å².